The molecule has 10 N–H and O–H groups in total. The average Bonchev–Trinajstić information content (AvgIpc) is 3.48. The van der Waals surface area contributed by atoms with E-state index in [1.165, 1.54) is 0 Å². The number of aliphatic hydroxyl groups excluding tert-OH is 8. The number of hydrogen-bond acceptors (Lipinski definition) is 13. The third-order valence-electron chi connectivity index (χ3n) is 9.21. The molecule has 0 radical (unpaired) electrons. The minimum atomic E-state index is -1.79. The summed E-state index contributed by atoms with van der Waals surface area (Å²) < 4.78 is 13.0. The number of aryl methyl sites for hydroxylation is 2. The topological polar surface area (TPSA) is 237 Å². The van der Waals surface area contributed by atoms with Gasteiger partial charge in [0, 0.05) is 18.4 Å². The number of para-hydroxylation sites is 1. The maximum atomic E-state index is 10.9. The van der Waals surface area contributed by atoms with Gasteiger partial charge in [-0.05, 0) is 42.9 Å². The molecule has 1 aliphatic heterocycles. The van der Waals surface area contributed by atoms with Crippen molar-refractivity contribution in [3.8, 4) is 0 Å². The van der Waals surface area contributed by atoms with E-state index in [0.29, 0.717) is 30.7 Å². The van der Waals surface area contributed by atoms with Crippen molar-refractivity contribution in [2.24, 2.45) is 0 Å². The van der Waals surface area contributed by atoms with Crippen molar-refractivity contribution < 1.29 is 50.3 Å². The van der Waals surface area contributed by atoms with Gasteiger partial charge in [0.1, 0.15) is 54.1 Å². The Morgan fingerprint density at radius 3 is 2.29 bits per heavy atom. The highest BCUT2D eigenvalue weighted by Crippen LogP contribution is 2.30. The zero-order valence-corrected chi connectivity index (χ0v) is 27.5. The number of anilines is 1. The minimum absolute atomic E-state index is 0.111. The largest absolute Gasteiger partial charge is 0.394 e. The lowest BCUT2D eigenvalue weighted by molar-refractivity contribution is -0.327. The van der Waals surface area contributed by atoms with Crippen LogP contribution in [0.5, 0.6) is 0 Å². The van der Waals surface area contributed by atoms with Crippen molar-refractivity contribution in [1.29, 1.82) is 0 Å². The van der Waals surface area contributed by atoms with E-state index >= 15 is 0 Å². The predicted molar refractivity (Wildman–Crippen MR) is 180 cm³/mol. The molecule has 3 heterocycles. The van der Waals surface area contributed by atoms with Crippen molar-refractivity contribution in [3.05, 3.63) is 65.5 Å². The Kier molecular flexibility index (Phi) is 12.5. The first kappa shape index (κ1) is 37.0. The second-order valence-corrected chi connectivity index (χ2v) is 12.7. The molecule has 9 atom stereocenters. The SMILES string of the molecule is CCCCc1nc2c(N)nc3ccccc3c2n1Cc1ccc(CCC[C@H](O)[C@@H](O)C(O[C@H]2O[C@H](CO)[C@@H](O)[C@H](O)[C@H]2O)[C@H](O)CO)cc1. The number of unbranched alkanes of at least 4 members (excludes halogenated alkanes) is 1. The lowest BCUT2D eigenvalue weighted by Gasteiger charge is -2.42. The van der Waals surface area contributed by atoms with Crippen molar-refractivity contribution >= 4 is 27.8 Å². The van der Waals surface area contributed by atoms with Crippen LogP contribution in [0.15, 0.2) is 48.5 Å². The molecule has 0 amide bonds. The van der Waals surface area contributed by atoms with Gasteiger partial charge in [-0.3, -0.25) is 0 Å². The van der Waals surface area contributed by atoms with E-state index in [-0.39, 0.29) is 6.42 Å². The van der Waals surface area contributed by atoms with Crippen LogP contribution in [-0.4, -0.2) is 124 Å². The molecule has 0 spiro atoms. The van der Waals surface area contributed by atoms with Gasteiger partial charge in [-0.1, -0.05) is 55.8 Å². The van der Waals surface area contributed by atoms with Crippen LogP contribution in [0, 0.1) is 0 Å². The van der Waals surface area contributed by atoms with E-state index in [2.05, 4.69) is 16.5 Å². The van der Waals surface area contributed by atoms with Crippen LogP contribution in [0.2, 0.25) is 0 Å². The van der Waals surface area contributed by atoms with Gasteiger partial charge < -0.3 is 60.6 Å². The Hall–Kier alpha value is -3.28. The van der Waals surface area contributed by atoms with Crippen LogP contribution in [-0.2, 0) is 28.9 Å². The highest BCUT2D eigenvalue weighted by molar-refractivity contribution is 6.06. The molecule has 5 rings (SSSR count). The number of nitrogens with zero attached hydrogens (tertiary/aromatic N) is 3. The standard InChI is InChI=1S/C35H48N4O10/c1-2-3-11-26-38-27-28(21-8-4-5-9-22(21)37-34(27)36)39(26)16-20-14-12-19(13-15-20)7-6-10-23(42)29(44)33(24(43)17-40)49-35-32(47)31(46)30(45)25(18-41)48-35/h4-5,8-9,12-15,23-25,29-33,35,40-47H,2-3,6-7,10-11,16-18H2,1H3,(H2,36,37)/t23-,24+,25+,29+,30+,31-,32+,33?,35+/m0/s1. The van der Waals surface area contributed by atoms with E-state index < -0.39 is 68.3 Å². The normalized spacial score (nSPS) is 23.9. The fourth-order valence-corrected chi connectivity index (χ4v) is 6.34. The second-order valence-electron chi connectivity index (χ2n) is 12.7. The molecule has 4 aromatic rings. The summed E-state index contributed by atoms with van der Waals surface area (Å²) in [6.07, 6.45) is -10.5. The maximum Gasteiger partial charge on any atom is 0.187 e. The van der Waals surface area contributed by atoms with Crippen molar-refractivity contribution in [2.45, 2.75) is 107 Å². The Balaban J connectivity index is 1.23. The Bertz CT molecular complexity index is 1650. The highest BCUT2D eigenvalue weighted by atomic mass is 16.7. The van der Waals surface area contributed by atoms with E-state index in [9.17, 15) is 40.9 Å². The van der Waals surface area contributed by atoms with Gasteiger partial charge in [-0.15, -0.1) is 0 Å². The third-order valence-corrected chi connectivity index (χ3v) is 9.21. The van der Waals surface area contributed by atoms with E-state index in [4.69, 9.17) is 20.2 Å². The van der Waals surface area contributed by atoms with Crippen LogP contribution in [0.4, 0.5) is 5.82 Å². The molecule has 49 heavy (non-hydrogen) atoms. The van der Waals surface area contributed by atoms with Gasteiger partial charge in [0.2, 0.25) is 0 Å². The zero-order chi connectivity index (χ0) is 35.2. The van der Waals surface area contributed by atoms with Crippen LogP contribution in [0.25, 0.3) is 21.9 Å². The molecular formula is C35H48N4O10. The number of nitrogens with two attached hydrogens (primary N) is 1. The van der Waals surface area contributed by atoms with Crippen molar-refractivity contribution in [2.75, 3.05) is 18.9 Å². The number of rotatable bonds is 16. The second kappa shape index (κ2) is 16.6. The Morgan fingerprint density at radius 2 is 1.59 bits per heavy atom. The molecule has 1 aliphatic rings. The zero-order valence-electron chi connectivity index (χ0n) is 27.5. The molecule has 2 aromatic carbocycles. The first-order chi connectivity index (χ1) is 23.6. The summed E-state index contributed by atoms with van der Waals surface area (Å²) in [7, 11) is 0. The molecule has 1 unspecified atom stereocenters. The summed E-state index contributed by atoms with van der Waals surface area (Å²) in [6.45, 7) is 1.20. The monoisotopic (exact) mass is 684 g/mol. The number of imidazole rings is 1. The van der Waals surface area contributed by atoms with E-state index in [0.717, 1.165) is 52.6 Å². The number of benzene rings is 2. The number of aliphatic hydroxyl groups is 8. The predicted octanol–water partition coefficient (Wildman–Crippen LogP) is 0.140. The molecule has 0 bridgehead atoms. The molecule has 14 nitrogen and oxygen atoms in total. The Labute approximate surface area is 284 Å². The maximum absolute atomic E-state index is 10.9. The highest BCUT2D eigenvalue weighted by Gasteiger charge is 2.46. The molecule has 268 valence electrons. The number of aromatic nitrogens is 3. The molecule has 1 fully saturated rings. The molecule has 0 saturated carbocycles. The molecule has 1 saturated heterocycles. The summed E-state index contributed by atoms with van der Waals surface area (Å²) in [6, 6.07) is 16.0. The van der Waals surface area contributed by atoms with Gasteiger partial charge in [-0.2, -0.15) is 0 Å². The summed E-state index contributed by atoms with van der Waals surface area (Å²) in [5.74, 6) is 1.36. The van der Waals surface area contributed by atoms with Gasteiger partial charge in [0.05, 0.1) is 30.4 Å². The first-order valence-electron chi connectivity index (χ1n) is 16.8. The third kappa shape index (κ3) is 8.21. The number of pyridine rings is 1. The Morgan fingerprint density at radius 1 is 0.878 bits per heavy atom. The van der Waals surface area contributed by atoms with Crippen molar-refractivity contribution in [1.82, 2.24) is 14.5 Å². The minimum Gasteiger partial charge on any atom is -0.394 e. The number of ether oxygens (including phenoxy) is 2. The average molecular weight is 685 g/mol. The van der Waals surface area contributed by atoms with Gasteiger partial charge in [-0.25, -0.2) is 9.97 Å². The molecule has 0 aliphatic carbocycles. The summed E-state index contributed by atoms with van der Waals surface area (Å²) in [5, 5.41) is 82.3. The van der Waals surface area contributed by atoms with Crippen LogP contribution in [0.3, 0.4) is 0 Å². The quantitative estimate of drug-likeness (QED) is 0.0765. The molecular weight excluding hydrogens is 636 g/mol. The number of fused-ring (bicyclic) bond motifs is 3. The first-order valence-corrected chi connectivity index (χ1v) is 16.8. The lowest BCUT2D eigenvalue weighted by Crippen LogP contribution is -2.61. The van der Waals surface area contributed by atoms with Crippen molar-refractivity contribution in [3.63, 3.8) is 0 Å². The lowest BCUT2D eigenvalue weighted by atomic mass is 9.96. The van der Waals surface area contributed by atoms with Crippen LogP contribution < -0.4 is 5.73 Å². The van der Waals surface area contributed by atoms with E-state index in [1.807, 2.05) is 48.5 Å². The summed E-state index contributed by atoms with van der Waals surface area (Å²) in [4.78, 5) is 9.47. The number of hydrogen-bond donors (Lipinski definition) is 9. The fraction of sp³-hybridized carbons (Fsp3) is 0.543. The fourth-order valence-electron chi connectivity index (χ4n) is 6.34. The summed E-state index contributed by atoms with van der Waals surface area (Å²) in [5.41, 5.74) is 10.9. The van der Waals surface area contributed by atoms with Gasteiger partial charge >= 0.3 is 0 Å². The number of nitrogen functional groups attached to an aromatic ring is 1. The molecule has 14 heteroatoms. The smallest absolute Gasteiger partial charge is 0.187 e. The van der Waals surface area contributed by atoms with Gasteiger partial charge in [0.25, 0.3) is 0 Å². The van der Waals surface area contributed by atoms with E-state index in [1.54, 1.807) is 0 Å². The van der Waals surface area contributed by atoms with Crippen LogP contribution >= 0.6 is 0 Å². The molecule has 2 aromatic heterocycles. The summed E-state index contributed by atoms with van der Waals surface area (Å²) >= 11 is 0. The van der Waals surface area contributed by atoms with Gasteiger partial charge in [0.15, 0.2) is 12.1 Å². The van der Waals surface area contributed by atoms with Crippen LogP contribution in [0.1, 0.15) is 49.6 Å².